The maximum Gasteiger partial charge on any atom is 0.272 e. The number of ether oxygens (including phenoxy) is 1. The van der Waals surface area contributed by atoms with Crippen molar-refractivity contribution >= 4 is 22.7 Å². The summed E-state index contributed by atoms with van der Waals surface area (Å²) in [5, 5.41) is 3.74. The third kappa shape index (κ3) is 4.11. The molecule has 1 aromatic heterocycles. The summed E-state index contributed by atoms with van der Waals surface area (Å²) in [6.07, 6.45) is 0. The van der Waals surface area contributed by atoms with Crippen LogP contribution in [0.5, 0.6) is 5.75 Å². The monoisotopic (exact) mass is 356 g/mol. The summed E-state index contributed by atoms with van der Waals surface area (Å²) in [5.74, 6) is 0.723. The number of hydrogen-bond donors (Lipinski definition) is 1. The summed E-state index contributed by atoms with van der Waals surface area (Å²) in [6, 6.07) is 9.24. The lowest BCUT2D eigenvalue weighted by Gasteiger charge is -2.34. The minimum Gasteiger partial charge on any atom is -0.497 e. The van der Waals surface area contributed by atoms with E-state index in [-0.39, 0.29) is 11.8 Å². The van der Waals surface area contributed by atoms with Gasteiger partial charge in [0.05, 0.1) is 19.2 Å². The number of pyridine rings is 1. The molecule has 1 aliphatic rings. The van der Waals surface area contributed by atoms with Gasteiger partial charge in [-0.05, 0) is 31.2 Å². The van der Waals surface area contributed by atoms with Gasteiger partial charge in [-0.25, -0.2) is 4.98 Å². The number of methoxy groups -OCH3 is 1. The highest BCUT2D eigenvalue weighted by atomic mass is 16.5. The number of nitrogens with one attached hydrogen (secondary N) is 1. The summed E-state index contributed by atoms with van der Waals surface area (Å²) in [5.41, 5.74) is 1.21. The van der Waals surface area contributed by atoms with Gasteiger partial charge >= 0.3 is 0 Å². The van der Waals surface area contributed by atoms with Crippen LogP contribution in [0.4, 0.5) is 0 Å². The molecule has 1 aliphatic heterocycles. The molecule has 2 heterocycles. The minimum absolute atomic E-state index is 0.0268. The van der Waals surface area contributed by atoms with Crippen LogP contribution in [0.15, 0.2) is 30.3 Å². The number of likely N-dealkylation sites (N-methyl/N-ethyl adjacent to an activating group) is 1. The zero-order valence-electron chi connectivity index (χ0n) is 15.2. The lowest BCUT2D eigenvalue weighted by atomic mass is 10.2. The Labute approximate surface area is 152 Å². The van der Waals surface area contributed by atoms with Crippen molar-refractivity contribution in [2.24, 2.45) is 0 Å². The van der Waals surface area contributed by atoms with Gasteiger partial charge in [0.1, 0.15) is 11.4 Å². The smallest absolute Gasteiger partial charge is 0.272 e. The van der Waals surface area contributed by atoms with Gasteiger partial charge in [0, 0.05) is 38.1 Å². The zero-order chi connectivity index (χ0) is 18.5. The molecule has 0 bridgehead atoms. The first kappa shape index (κ1) is 18.1. The molecule has 2 amide bonds. The summed E-state index contributed by atoms with van der Waals surface area (Å²) >= 11 is 0. The van der Waals surface area contributed by atoms with Crippen LogP contribution in [0.3, 0.4) is 0 Å². The van der Waals surface area contributed by atoms with Crippen LogP contribution in [0.25, 0.3) is 10.9 Å². The molecule has 1 fully saturated rings. The van der Waals surface area contributed by atoms with Gasteiger partial charge in [0.15, 0.2) is 0 Å². The number of carbonyl (C=O) groups is 2. The highest BCUT2D eigenvalue weighted by molar-refractivity contribution is 5.95. The highest BCUT2D eigenvalue weighted by Crippen LogP contribution is 2.20. The molecule has 0 unspecified atom stereocenters. The molecule has 2 aromatic rings. The van der Waals surface area contributed by atoms with Crippen molar-refractivity contribution in [2.45, 2.75) is 6.92 Å². The number of nitrogens with zero attached hydrogens (tertiary/aromatic N) is 3. The number of aromatic nitrogens is 1. The quantitative estimate of drug-likeness (QED) is 0.870. The fraction of sp³-hybridized carbons (Fsp3) is 0.421. The predicted molar refractivity (Wildman–Crippen MR) is 99.3 cm³/mol. The molecule has 26 heavy (non-hydrogen) atoms. The lowest BCUT2D eigenvalue weighted by Crippen LogP contribution is -2.51. The van der Waals surface area contributed by atoms with Crippen molar-refractivity contribution in [1.82, 2.24) is 20.1 Å². The van der Waals surface area contributed by atoms with Crippen molar-refractivity contribution in [3.05, 3.63) is 36.0 Å². The van der Waals surface area contributed by atoms with Crippen molar-refractivity contribution in [3.63, 3.8) is 0 Å². The SMILES string of the molecule is CCNC(=O)CN1CCN(C(=O)c2ccc3cc(OC)ccc3n2)CC1. The van der Waals surface area contributed by atoms with Gasteiger partial charge in [0.2, 0.25) is 5.91 Å². The van der Waals surface area contributed by atoms with E-state index in [0.717, 1.165) is 16.7 Å². The number of benzene rings is 1. The van der Waals surface area contributed by atoms with E-state index in [1.54, 1.807) is 18.1 Å². The summed E-state index contributed by atoms with van der Waals surface area (Å²) in [7, 11) is 1.62. The average Bonchev–Trinajstić information content (AvgIpc) is 2.67. The van der Waals surface area contributed by atoms with Crippen LogP contribution in [0, 0.1) is 0 Å². The van der Waals surface area contributed by atoms with Gasteiger partial charge < -0.3 is 15.0 Å². The number of amides is 2. The zero-order valence-corrected chi connectivity index (χ0v) is 15.2. The first-order valence-electron chi connectivity index (χ1n) is 8.84. The van der Waals surface area contributed by atoms with E-state index in [4.69, 9.17) is 4.74 Å². The first-order valence-corrected chi connectivity index (χ1v) is 8.84. The van der Waals surface area contributed by atoms with Crippen molar-refractivity contribution in [3.8, 4) is 5.75 Å². The topological polar surface area (TPSA) is 74.8 Å². The van der Waals surface area contributed by atoms with Crippen LogP contribution < -0.4 is 10.1 Å². The Morgan fingerprint density at radius 1 is 1.15 bits per heavy atom. The van der Waals surface area contributed by atoms with Crippen LogP contribution in [-0.4, -0.2) is 73.0 Å². The Bertz CT molecular complexity index is 800. The second-order valence-corrected chi connectivity index (χ2v) is 6.28. The Kier molecular flexibility index (Phi) is 5.68. The molecule has 0 atom stereocenters. The first-order chi connectivity index (χ1) is 12.6. The molecule has 0 saturated carbocycles. The molecule has 1 N–H and O–H groups in total. The Balaban J connectivity index is 1.63. The molecular weight excluding hydrogens is 332 g/mol. The van der Waals surface area contributed by atoms with Crippen LogP contribution in [0.1, 0.15) is 17.4 Å². The molecule has 138 valence electrons. The van der Waals surface area contributed by atoms with Gasteiger partial charge in [0.25, 0.3) is 5.91 Å². The molecule has 3 rings (SSSR count). The van der Waals surface area contributed by atoms with Crippen LogP contribution in [0.2, 0.25) is 0 Å². The number of fused-ring (bicyclic) bond motifs is 1. The summed E-state index contributed by atoms with van der Waals surface area (Å²) < 4.78 is 5.21. The average molecular weight is 356 g/mol. The third-order valence-electron chi connectivity index (χ3n) is 4.52. The fourth-order valence-electron chi connectivity index (χ4n) is 3.08. The molecular formula is C19H24N4O3. The largest absolute Gasteiger partial charge is 0.497 e. The molecule has 0 spiro atoms. The normalized spacial score (nSPS) is 15.1. The summed E-state index contributed by atoms with van der Waals surface area (Å²) in [6.45, 7) is 5.49. The lowest BCUT2D eigenvalue weighted by molar-refractivity contribution is -0.122. The molecule has 0 aliphatic carbocycles. The third-order valence-corrected chi connectivity index (χ3v) is 4.52. The van der Waals surface area contributed by atoms with Crippen molar-refractivity contribution in [2.75, 3.05) is 46.4 Å². The maximum absolute atomic E-state index is 12.7. The van der Waals surface area contributed by atoms with Gasteiger partial charge in [-0.15, -0.1) is 0 Å². The van der Waals surface area contributed by atoms with E-state index in [0.29, 0.717) is 45.0 Å². The van der Waals surface area contributed by atoms with E-state index in [1.165, 1.54) is 0 Å². The van der Waals surface area contributed by atoms with Gasteiger partial charge in [-0.2, -0.15) is 0 Å². The Morgan fingerprint density at radius 3 is 2.62 bits per heavy atom. The van der Waals surface area contributed by atoms with E-state index in [2.05, 4.69) is 15.2 Å². The van der Waals surface area contributed by atoms with Crippen molar-refractivity contribution < 1.29 is 14.3 Å². The number of carbonyl (C=O) groups excluding carboxylic acids is 2. The Hall–Kier alpha value is -2.67. The second kappa shape index (κ2) is 8.14. The molecule has 0 radical (unpaired) electrons. The van der Waals surface area contributed by atoms with Crippen LogP contribution >= 0.6 is 0 Å². The highest BCUT2D eigenvalue weighted by Gasteiger charge is 2.24. The minimum atomic E-state index is -0.0691. The molecule has 1 saturated heterocycles. The van der Waals surface area contributed by atoms with E-state index < -0.39 is 0 Å². The molecule has 1 aromatic carbocycles. The number of hydrogen-bond acceptors (Lipinski definition) is 5. The fourth-order valence-corrected chi connectivity index (χ4v) is 3.08. The second-order valence-electron chi connectivity index (χ2n) is 6.28. The van der Waals surface area contributed by atoms with Gasteiger partial charge in [-0.1, -0.05) is 6.07 Å². The van der Waals surface area contributed by atoms with Gasteiger partial charge in [-0.3, -0.25) is 14.5 Å². The summed E-state index contributed by atoms with van der Waals surface area (Å²) in [4.78, 5) is 32.8. The van der Waals surface area contributed by atoms with Crippen LogP contribution in [-0.2, 0) is 4.79 Å². The molecule has 7 nitrogen and oxygen atoms in total. The number of rotatable bonds is 5. The standard InChI is InChI=1S/C19H24N4O3/c1-3-20-18(24)13-22-8-10-23(11-9-22)19(25)17-6-4-14-12-15(26-2)5-7-16(14)21-17/h4-7,12H,3,8-11,13H2,1-2H3,(H,20,24). The maximum atomic E-state index is 12.7. The Morgan fingerprint density at radius 2 is 1.92 bits per heavy atom. The van der Waals surface area contributed by atoms with Crippen molar-refractivity contribution in [1.29, 1.82) is 0 Å². The predicted octanol–water partition coefficient (Wildman–Crippen LogP) is 1.14. The van der Waals surface area contributed by atoms with E-state index >= 15 is 0 Å². The van der Waals surface area contributed by atoms with E-state index in [1.807, 2.05) is 31.2 Å². The molecule has 7 heteroatoms. The number of piperazine rings is 1. The van der Waals surface area contributed by atoms with E-state index in [9.17, 15) is 9.59 Å².